The lowest BCUT2D eigenvalue weighted by molar-refractivity contribution is 0.346. The molecule has 0 aliphatic carbocycles. The monoisotopic (exact) mass is 208 g/mol. The van der Waals surface area contributed by atoms with E-state index in [1.807, 2.05) is 0 Å². The van der Waals surface area contributed by atoms with Crippen molar-refractivity contribution in [3.63, 3.8) is 0 Å². The lowest BCUT2D eigenvalue weighted by Gasteiger charge is -2.21. The molecule has 1 aromatic rings. The topological polar surface area (TPSA) is 17.8 Å². The van der Waals surface area contributed by atoms with Crippen molar-refractivity contribution in [3.8, 4) is 0 Å². The molecule has 15 heavy (non-hydrogen) atoms. The van der Waals surface area contributed by atoms with Crippen LogP contribution in [0.4, 0.5) is 0 Å². The van der Waals surface area contributed by atoms with Gasteiger partial charge in [-0.2, -0.15) is 5.10 Å². The lowest BCUT2D eigenvalue weighted by atomic mass is 10.0. The number of aryl methyl sites for hydroxylation is 1. The zero-order chi connectivity index (χ0) is 11.8. The summed E-state index contributed by atoms with van der Waals surface area (Å²) < 4.78 is 2.15. The van der Waals surface area contributed by atoms with Crippen LogP contribution in [0.5, 0.6) is 0 Å². The van der Waals surface area contributed by atoms with Gasteiger partial charge in [0.1, 0.15) is 0 Å². The summed E-state index contributed by atoms with van der Waals surface area (Å²) in [4.78, 5) is 0. The van der Waals surface area contributed by atoms with E-state index in [9.17, 15) is 0 Å². The van der Waals surface area contributed by atoms with Crippen LogP contribution in [-0.4, -0.2) is 9.78 Å². The van der Waals surface area contributed by atoms with Gasteiger partial charge in [0.25, 0.3) is 0 Å². The summed E-state index contributed by atoms with van der Waals surface area (Å²) in [6, 6.07) is 0. The maximum absolute atomic E-state index is 4.65. The minimum atomic E-state index is 0.0874. The third kappa shape index (κ3) is 2.61. The molecule has 1 aromatic heterocycles. The summed E-state index contributed by atoms with van der Waals surface area (Å²) in [6.45, 7) is 15.4. The van der Waals surface area contributed by atoms with E-state index in [4.69, 9.17) is 0 Å². The number of nitrogens with zero attached hydrogens (tertiary/aromatic N) is 2. The fourth-order valence-corrected chi connectivity index (χ4v) is 2.03. The highest BCUT2D eigenvalue weighted by atomic mass is 15.3. The van der Waals surface area contributed by atoms with Crippen LogP contribution in [-0.2, 0) is 12.0 Å². The zero-order valence-electron chi connectivity index (χ0n) is 11.2. The molecular formula is C13H24N2. The molecule has 0 amide bonds. The van der Waals surface area contributed by atoms with Gasteiger partial charge in [0.2, 0.25) is 0 Å². The van der Waals surface area contributed by atoms with Gasteiger partial charge in [-0.25, -0.2) is 0 Å². The van der Waals surface area contributed by atoms with E-state index in [1.54, 1.807) is 0 Å². The average molecular weight is 208 g/mol. The molecule has 1 heterocycles. The normalized spacial score (nSPS) is 12.5. The van der Waals surface area contributed by atoms with Gasteiger partial charge in [-0.15, -0.1) is 0 Å². The third-order valence-electron chi connectivity index (χ3n) is 2.69. The predicted molar refractivity (Wildman–Crippen MR) is 65.2 cm³/mol. The van der Waals surface area contributed by atoms with Crippen molar-refractivity contribution in [2.45, 2.75) is 60.4 Å². The van der Waals surface area contributed by atoms with E-state index in [-0.39, 0.29) is 5.54 Å². The van der Waals surface area contributed by atoms with Gasteiger partial charge >= 0.3 is 0 Å². The van der Waals surface area contributed by atoms with Crippen LogP contribution in [0.3, 0.4) is 0 Å². The molecule has 0 radical (unpaired) electrons. The van der Waals surface area contributed by atoms with E-state index < -0.39 is 0 Å². The smallest absolute Gasteiger partial charge is 0.0628 e. The summed E-state index contributed by atoms with van der Waals surface area (Å²) in [5.41, 5.74) is 4.04. The third-order valence-corrected chi connectivity index (χ3v) is 2.69. The van der Waals surface area contributed by atoms with Gasteiger partial charge in [0.05, 0.1) is 11.2 Å². The van der Waals surface area contributed by atoms with Crippen LogP contribution in [0.15, 0.2) is 0 Å². The number of aromatic nitrogens is 2. The first-order valence-corrected chi connectivity index (χ1v) is 5.79. The van der Waals surface area contributed by atoms with Gasteiger partial charge in [-0.05, 0) is 52.5 Å². The Labute approximate surface area is 93.7 Å². The van der Waals surface area contributed by atoms with E-state index in [1.165, 1.54) is 17.0 Å². The average Bonchev–Trinajstić information content (AvgIpc) is 2.30. The second kappa shape index (κ2) is 3.99. The second-order valence-electron chi connectivity index (χ2n) is 5.83. The Kier molecular flexibility index (Phi) is 3.27. The Morgan fingerprint density at radius 1 is 1.20 bits per heavy atom. The number of hydrogen-bond donors (Lipinski definition) is 0. The molecule has 0 N–H and O–H groups in total. The molecule has 0 spiro atoms. The molecule has 0 aliphatic rings. The standard InChI is InChI=1S/C13H24N2/c1-9(2)8-12-10(3)14-15(11(12)4)13(5,6)7/h9H,8H2,1-7H3. The molecule has 2 heteroatoms. The second-order valence-corrected chi connectivity index (χ2v) is 5.83. The van der Waals surface area contributed by atoms with Crippen LogP contribution in [0.25, 0.3) is 0 Å². The Hall–Kier alpha value is -0.790. The van der Waals surface area contributed by atoms with Crippen LogP contribution < -0.4 is 0 Å². The fraction of sp³-hybridized carbons (Fsp3) is 0.769. The summed E-state index contributed by atoms with van der Waals surface area (Å²) >= 11 is 0. The van der Waals surface area contributed by atoms with Crippen molar-refractivity contribution in [1.29, 1.82) is 0 Å². The maximum atomic E-state index is 4.65. The molecule has 0 bridgehead atoms. The SMILES string of the molecule is Cc1nn(C(C)(C)C)c(C)c1CC(C)C. The van der Waals surface area contributed by atoms with E-state index >= 15 is 0 Å². The van der Waals surface area contributed by atoms with Crippen molar-refractivity contribution in [1.82, 2.24) is 9.78 Å². The van der Waals surface area contributed by atoms with E-state index in [0.29, 0.717) is 5.92 Å². The number of hydrogen-bond acceptors (Lipinski definition) is 1. The van der Waals surface area contributed by atoms with E-state index in [0.717, 1.165) is 6.42 Å². The predicted octanol–water partition coefficient (Wildman–Crippen LogP) is 3.45. The van der Waals surface area contributed by atoms with Gasteiger partial charge in [0, 0.05) is 5.69 Å². The molecule has 86 valence electrons. The molecule has 0 aliphatic heterocycles. The Morgan fingerprint density at radius 3 is 2.07 bits per heavy atom. The first kappa shape index (κ1) is 12.3. The minimum Gasteiger partial charge on any atom is -0.264 e. The minimum absolute atomic E-state index is 0.0874. The molecule has 0 saturated carbocycles. The molecule has 0 fully saturated rings. The Balaban J connectivity index is 3.15. The number of rotatable bonds is 2. The quantitative estimate of drug-likeness (QED) is 0.728. The summed E-state index contributed by atoms with van der Waals surface area (Å²) in [5.74, 6) is 0.694. The molecular weight excluding hydrogens is 184 g/mol. The van der Waals surface area contributed by atoms with Gasteiger partial charge < -0.3 is 0 Å². The highest BCUT2D eigenvalue weighted by Gasteiger charge is 2.20. The van der Waals surface area contributed by atoms with Crippen molar-refractivity contribution >= 4 is 0 Å². The molecule has 0 unspecified atom stereocenters. The largest absolute Gasteiger partial charge is 0.264 e. The van der Waals surface area contributed by atoms with Crippen molar-refractivity contribution in [2.75, 3.05) is 0 Å². The van der Waals surface area contributed by atoms with Gasteiger partial charge in [-0.1, -0.05) is 13.8 Å². The van der Waals surface area contributed by atoms with E-state index in [2.05, 4.69) is 58.2 Å². The Morgan fingerprint density at radius 2 is 1.73 bits per heavy atom. The van der Waals surface area contributed by atoms with Crippen molar-refractivity contribution < 1.29 is 0 Å². The van der Waals surface area contributed by atoms with Crippen molar-refractivity contribution in [2.24, 2.45) is 5.92 Å². The summed E-state index contributed by atoms with van der Waals surface area (Å²) in [7, 11) is 0. The molecule has 0 saturated heterocycles. The zero-order valence-corrected chi connectivity index (χ0v) is 11.2. The van der Waals surface area contributed by atoms with Gasteiger partial charge in [-0.3, -0.25) is 4.68 Å². The molecule has 2 nitrogen and oxygen atoms in total. The summed E-state index contributed by atoms with van der Waals surface area (Å²) in [5, 5.41) is 4.65. The van der Waals surface area contributed by atoms with Crippen molar-refractivity contribution in [3.05, 3.63) is 17.0 Å². The van der Waals surface area contributed by atoms with Crippen LogP contribution >= 0.6 is 0 Å². The molecule has 0 atom stereocenters. The van der Waals surface area contributed by atoms with Crippen LogP contribution in [0, 0.1) is 19.8 Å². The van der Waals surface area contributed by atoms with Crippen LogP contribution in [0.2, 0.25) is 0 Å². The highest BCUT2D eigenvalue weighted by Crippen LogP contribution is 2.23. The highest BCUT2D eigenvalue weighted by molar-refractivity contribution is 5.25. The fourth-order valence-electron chi connectivity index (χ4n) is 2.03. The summed E-state index contributed by atoms with van der Waals surface area (Å²) in [6.07, 6.45) is 1.13. The first-order chi connectivity index (χ1) is 6.73. The van der Waals surface area contributed by atoms with Gasteiger partial charge in [0.15, 0.2) is 0 Å². The molecule has 1 rings (SSSR count). The maximum Gasteiger partial charge on any atom is 0.0628 e. The first-order valence-electron chi connectivity index (χ1n) is 5.79. The Bertz CT molecular complexity index is 340. The molecule has 0 aromatic carbocycles. The van der Waals surface area contributed by atoms with Crippen LogP contribution in [0.1, 0.15) is 51.6 Å². The lowest BCUT2D eigenvalue weighted by Crippen LogP contribution is -2.24.